The molecule has 0 unspecified atom stereocenters. The van der Waals surface area contributed by atoms with E-state index in [2.05, 4.69) is 30.9 Å². The average Bonchev–Trinajstić information content (AvgIpc) is 2.88. The van der Waals surface area contributed by atoms with Gasteiger partial charge in [-0.3, -0.25) is 9.98 Å². The molecule has 0 saturated heterocycles. The van der Waals surface area contributed by atoms with Crippen molar-refractivity contribution in [3.05, 3.63) is 33.8 Å². The maximum atomic E-state index is 13.0. The van der Waals surface area contributed by atoms with E-state index in [4.69, 9.17) is 0 Å². The first-order valence-electron chi connectivity index (χ1n) is 7.05. The van der Waals surface area contributed by atoms with Crippen LogP contribution >= 0.6 is 15.9 Å². The zero-order chi connectivity index (χ0) is 17.3. The van der Waals surface area contributed by atoms with Gasteiger partial charge in [-0.15, -0.1) is 0 Å². The summed E-state index contributed by atoms with van der Waals surface area (Å²) in [5.74, 6) is 0.735. The van der Waals surface area contributed by atoms with Crippen LogP contribution in [0.1, 0.15) is 31.9 Å². The molecule has 2 rings (SSSR count). The number of benzene rings is 1. The minimum Gasteiger partial charge on any atom is -0.286 e. The van der Waals surface area contributed by atoms with Crippen LogP contribution in [0.2, 0.25) is 0 Å². The van der Waals surface area contributed by atoms with E-state index in [0.29, 0.717) is 16.7 Å². The average molecular weight is 388 g/mol. The SMILES string of the molecule is CC(C)(C)C1=NCC(/C=N/Cc2ccc(Br)cc2C(F)(F)F)=N1. The van der Waals surface area contributed by atoms with Crippen molar-refractivity contribution < 1.29 is 13.2 Å². The van der Waals surface area contributed by atoms with E-state index in [-0.39, 0.29) is 17.5 Å². The van der Waals surface area contributed by atoms with Gasteiger partial charge < -0.3 is 0 Å². The molecule has 1 aromatic carbocycles. The Bertz CT molecular complexity index is 683. The van der Waals surface area contributed by atoms with Gasteiger partial charge in [0.15, 0.2) is 0 Å². The minimum absolute atomic E-state index is 0.0496. The third-order valence-corrected chi connectivity index (χ3v) is 3.68. The molecule has 0 spiro atoms. The van der Waals surface area contributed by atoms with E-state index in [1.54, 1.807) is 6.07 Å². The zero-order valence-electron chi connectivity index (χ0n) is 13.1. The molecule has 0 bridgehead atoms. The third kappa shape index (κ3) is 4.73. The molecule has 0 fully saturated rings. The van der Waals surface area contributed by atoms with Crippen LogP contribution in [-0.2, 0) is 12.7 Å². The molecule has 1 aliphatic rings. The Morgan fingerprint density at radius 2 is 1.96 bits per heavy atom. The Labute approximate surface area is 141 Å². The number of nitrogens with zero attached hydrogens (tertiary/aromatic N) is 3. The second-order valence-electron chi connectivity index (χ2n) is 6.26. The lowest BCUT2D eigenvalue weighted by molar-refractivity contribution is -0.138. The third-order valence-electron chi connectivity index (χ3n) is 3.19. The molecule has 7 heteroatoms. The first-order chi connectivity index (χ1) is 10.6. The number of hydrogen-bond acceptors (Lipinski definition) is 3. The summed E-state index contributed by atoms with van der Waals surface area (Å²) in [7, 11) is 0. The highest BCUT2D eigenvalue weighted by molar-refractivity contribution is 9.10. The molecule has 0 saturated carbocycles. The molecule has 1 aromatic rings. The van der Waals surface area contributed by atoms with Crippen LogP contribution in [0.5, 0.6) is 0 Å². The summed E-state index contributed by atoms with van der Waals surface area (Å²) < 4.78 is 39.5. The summed E-state index contributed by atoms with van der Waals surface area (Å²) in [5, 5.41) is 0. The number of amidine groups is 1. The molecular weight excluding hydrogens is 371 g/mol. The Morgan fingerprint density at radius 3 is 2.52 bits per heavy atom. The van der Waals surface area contributed by atoms with Crippen LogP contribution < -0.4 is 0 Å². The van der Waals surface area contributed by atoms with Crippen molar-refractivity contribution in [1.29, 1.82) is 0 Å². The Morgan fingerprint density at radius 1 is 1.26 bits per heavy atom. The quantitative estimate of drug-likeness (QED) is 0.658. The fourth-order valence-electron chi connectivity index (χ4n) is 2.04. The van der Waals surface area contributed by atoms with Crippen molar-refractivity contribution in [1.82, 2.24) is 0 Å². The summed E-state index contributed by atoms with van der Waals surface area (Å²) >= 11 is 3.06. The maximum absolute atomic E-state index is 13.0. The lowest BCUT2D eigenvalue weighted by Crippen LogP contribution is -2.16. The molecule has 0 atom stereocenters. The molecule has 0 aromatic heterocycles. The second kappa shape index (κ2) is 6.55. The second-order valence-corrected chi connectivity index (χ2v) is 7.18. The first-order valence-corrected chi connectivity index (χ1v) is 7.84. The molecule has 0 radical (unpaired) electrons. The topological polar surface area (TPSA) is 37.1 Å². The van der Waals surface area contributed by atoms with E-state index in [9.17, 15) is 13.2 Å². The van der Waals surface area contributed by atoms with Crippen LogP contribution in [0, 0.1) is 5.41 Å². The zero-order valence-corrected chi connectivity index (χ0v) is 14.7. The number of aliphatic imine (C=N–C) groups is 3. The molecule has 23 heavy (non-hydrogen) atoms. The Balaban J connectivity index is 2.11. The lowest BCUT2D eigenvalue weighted by atomic mass is 9.95. The van der Waals surface area contributed by atoms with Gasteiger partial charge in [0.05, 0.1) is 24.4 Å². The van der Waals surface area contributed by atoms with Gasteiger partial charge >= 0.3 is 6.18 Å². The number of alkyl halides is 3. The number of rotatable bonds is 3. The molecule has 0 aliphatic carbocycles. The fraction of sp³-hybridized carbons (Fsp3) is 0.438. The standard InChI is InChI=1S/C16H17BrF3N3/c1-15(2,3)14-22-9-12(23-14)8-21-7-10-4-5-11(17)6-13(10)16(18,19)20/h4-6,8H,7,9H2,1-3H3/b21-8+. The molecule has 3 nitrogen and oxygen atoms in total. The van der Waals surface area contributed by atoms with Gasteiger partial charge in [-0.2, -0.15) is 13.2 Å². The van der Waals surface area contributed by atoms with Crippen LogP contribution in [0.3, 0.4) is 0 Å². The van der Waals surface area contributed by atoms with Gasteiger partial charge in [0, 0.05) is 16.1 Å². The van der Waals surface area contributed by atoms with Gasteiger partial charge in [-0.25, -0.2) is 4.99 Å². The van der Waals surface area contributed by atoms with Gasteiger partial charge in [-0.1, -0.05) is 42.8 Å². The van der Waals surface area contributed by atoms with Gasteiger partial charge in [-0.05, 0) is 17.7 Å². The molecule has 124 valence electrons. The van der Waals surface area contributed by atoms with Crippen molar-refractivity contribution in [3.63, 3.8) is 0 Å². The minimum atomic E-state index is -4.40. The summed E-state index contributed by atoms with van der Waals surface area (Å²) in [6, 6.07) is 4.07. The van der Waals surface area contributed by atoms with E-state index >= 15 is 0 Å². The van der Waals surface area contributed by atoms with Gasteiger partial charge in [0.25, 0.3) is 0 Å². The molecule has 1 aliphatic heterocycles. The van der Waals surface area contributed by atoms with E-state index in [1.165, 1.54) is 12.3 Å². The summed E-state index contributed by atoms with van der Waals surface area (Å²) in [5.41, 5.74) is -0.0257. The smallest absolute Gasteiger partial charge is 0.286 e. The summed E-state index contributed by atoms with van der Waals surface area (Å²) in [6.07, 6.45) is -2.90. The van der Waals surface area contributed by atoms with Crippen LogP contribution in [0.25, 0.3) is 0 Å². The monoisotopic (exact) mass is 387 g/mol. The highest BCUT2D eigenvalue weighted by atomic mass is 79.9. The van der Waals surface area contributed by atoms with Crippen LogP contribution in [0.4, 0.5) is 13.2 Å². The summed E-state index contributed by atoms with van der Waals surface area (Å²) in [4.78, 5) is 12.8. The fourth-order valence-corrected chi connectivity index (χ4v) is 2.40. The predicted octanol–water partition coefficient (Wildman–Crippen LogP) is 4.94. The molecule has 0 N–H and O–H groups in total. The Kier molecular flexibility index (Phi) is 5.08. The van der Waals surface area contributed by atoms with Crippen molar-refractivity contribution >= 4 is 33.7 Å². The maximum Gasteiger partial charge on any atom is 0.416 e. The Hall–Kier alpha value is -1.50. The predicted molar refractivity (Wildman–Crippen MR) is 90.5 cm³/mol. The lowest BCUT2D eigenvalue weighted by Gasteiger charge is -2.14. The van der Waals surface area contributed by atoms with Crippen molar-refractivity contribution in [3.8, 4) is 0 Å². The van der Waals surface area contributed by atoms with Gasteiger partial charge in [0.2, 0.25) is 0 Å². The van der Waals surface area contributed by atoms with Crippen LogP contribution in [0.15, 0.2) is 37.6 Å². The van der Waals surface area contributed by atoms with E-state index in [0.717, 1.165) is 11.9 Å². The van der Waals surface area contributed by atoms with E-state index < -0.39 is 11.7 Å². The number of hydrogen-bond donors (Lipinski definition) is 0. The normalized spacial score (nSPS) is 16.0. The first kappa shape index (κ1) is 17.8. The molecular formula is C16H17BrF3N3. The van der Waals surface area contributed by atoms with Crippen molar-refractivity contribution in [2.75, 3.05) is 6.54 Å². The van der Waals surface area contributed by atoms with Gasteiger partial charge in [0.1, 0.15) is 5.84 Å². The van der Waals surface area contributed by atoms with Crippen molar-refractivity contribution in [2.24, 2.45) is 20.4 Å². The highest BCUT2D eigenvalue weighted by Crippen LogP contribution is 2.34. The van der Waals surface area contributed by atoms with Crippen molar-refractivity contribution in [2.45, 2.75) is 33.5 Å². The largest absolute Gasteiger partial charge is 0.416 e. The highest BCUT2D eigenvalue weighted by Gasteiger charge is 2.33. The van der Waals surface area contributed by atoms with E-state index in [1.807, 2.05) is 20.8 Å². The number of halogens is 4. The molecule has 0 amide bonds. The molecule has 1 heterocycles. The summed E-state index contributed by atoms with van der Waals surface area (Å²) in [6.45, 7) is 6.39. The van der Waals surface area contributed by atoms with Crippen LogP contribution in [-0.4, -0.2) is 24.3 Å².